The summed E-state index contributed by atoms with van der Waals surface area (Å²) < 4.78 is 0. The minimum Gasteiger partial charge on any atom is -0.353 e. The molecule has 0 aliphatic carbocycles. The van der Waals surface area contributed by atoms with E-state index < -0.39 is 6.04 Å². The van der Waals surface area contributed by atoms with Gasteiger partial charge in [0.25, 0.3) is 0 Å². The molecule has 1 saturated heterocycles. The van der Waals surface area contributed by atoms with E-state index in [1.165, 1.54) is 0 Å². The van der Waals surface area contributed by atoms with E-state index in [-0.39, 0.29) is 29.2 Å². The van der Waals surface area contributed by atoms with Crippen LogP contribution in [0.15, 0.2) is 127 Å². The third kappa shape index (κ3) is 4.13. The second kappa shape index (κ2) is 10.3. The van der Waals surface area contributed by atoms with E-state index >= 15 is 0 Å². The number of nitriles is 2. The van der Waals surface area contributed by atoms with Crippen LogP contribution in [0.1, 0.15) is 33.0 Å². The molecule has 4 heteroatoms. The number of fused-ring (bicyclic) bond motifs is 3. The van der Waals surface area contributed by atoms with E-state index in [9.17, 15) is 15.3 Å². The third-order valence-corrected chi connectivity index (χ3v) is 7.83. The molecule has 0 N–H and O–H groups in total. The predicted molar refractivity (Wildman–Crippen MR) is 154 cm³/mol. The Morgan fingerprint density at radius 2 is 1.26 bits per heavy atom. The monoisotopic (exact) mass is 503 g/mol. The summed E-state index contributed by atoms with van der Waals surface area (Å²) in [6.45, 7) is 0. The van der Waals surface area contributed by atoms with Crippen molar-refractivity contribution < 1.29 is 4.79 Å². The van der Waals surface area contributed by atoms with E-state index in [0.29, 0.717) is 11.1 Å². The van der Waals surface area contributed by atoms with Crippen LogP contribution in [0.3, 0.4) is 0 Å². The zero-order valence-corrected chi connectivity index (χ0v) is 21.2. The molecule has 2 aliphatic rings. The highest BCUT2D eigenvalue weighted by molar-refractivity contribution is 6.04. The lowest BCUT2D eigenvalue weighted by atomic mass is 9.73. The van der Waals surface area contributed by atoms with Gasteiger partial charge >= 0.3 is 0 Å². The van der Waals surface area contributed by atoms with Gasteiger partial charge < -0.3 is 4.90 Å². The van der Waals surface area contributed by atoms with Gasteiger partial charge in [-0.25, -0.2) is 0 Å². The Morgan fingerprint density at radius 1 is 0.692 bits per heavy atom. The molecular weight excluding hydrogens is 478 g/mol. The Morgan fingerprint density at radius 3 is 1.90 bits per heavy atom. The van der Waals surface area contributed by atoms with E-state index in [2.05, 4.69) is 53.5 Å². The summed E-state index contributed by atoms with van der Waals surface area (Å²) in [4.78, 5) is 16.7. The summed E-state index contributed by atoms with van der Waals surface area (Å²) in [7, 11) is 0. The average molecular weight is 504 g/mol. The molecule has 4 aromatic rings. The van der Waals surface area contributed by atoms with Crippen molar-refractivity contribution in [2.75, 3.05) is 4.90 Å². The minimum absolute atomic E-state index is 0.0185. The summed E-state index contributed by atoms with van der Waals surface area (Å²) in [5.74, 6) is -0.622. The normalized spacial score (nSPS) is 20.7. The van der Waals surface area contributed by atoms with Crippen LogP contribution in [0.5, 0.6) is 0 Å². The molecule has 0 bridgehead atoms. The minimum atomic E-state index is -0.548. The van der Waals surface area contributed by atoms with E-state index in [4.69, 9.17) is 0 Å². The van der Waals surface area contributed by atoms with Crippen molar-refractivity contribution in [3.63, 3.8) is 0 Å². The number of ketones is 1. The first kappa shape index (κ1) is 24.2. The van der Waals surface area contributed by atoms with Crippen molar-refractivity contribution >= 4 is 23.1 Å². The number of carbonyl (C=O) groups excluding carboxylic acids is 1. The van der Waals surface area contributed by atoms with Crippen molar-refractivity contribution in [3.8, 4) is 12.1 Å². The Balaban J connectivity index is 1.67. The maximum atomic E-state index is 14.5. The van der Waals surface area contributed by atoms with Gasteiger partial charge in [-0.15, -0.1) is 0 Å². The van der Waals surface area contributed by atoms with Gasteiger partial charge in [0.15, 0.2) is 5.78 Å². The maximum absolute atomic E-state index is 14.5. The van der Waals surface area contributed by atoms with Gasteiger partial charge in [0.05, 0.1) is 6.04 Å². The molecule has 186 valence electrons. The highest BCUT2D eigenvalue weighted by atomic mass is 16.1. The Hall–Kier alpha value is -5.19. The lowest BCUT2D eigenvalue weighted by Gasteiger charge is -2.36. The summed E-state index contributed by atoms with van der Waals surface area (Å²) >= 11 is 0. The number of nitrogens with zero attached hydrogens (tertiary/aromatic N) is 3. The predicted octanol–water partition coefficient (Wildman–Crippen LogP) is 7.05. The Bertz CT molecular complexity index is 1640. The molecule has 4 aromatic carbocycles. The SMILES string of the molecule is N#CC(C#N)=C(c1ccccc1)[C@@H]1[C@H](c2ccccc2)[C@H](C(=O)c2ccccc2)N2c3ccccc3C=C[C@@H]12. The molecule has 0 spiro atoms. The van der Waals surface area contributed by atoms with Gasteiger partial charge in [-0.05, 0) is 28.3 Å². The molecule has 2 aliphatic heterocycles. The van der Waals surface area contributed by atoms with Crippen LogP contribution in [-0.2, 0) is 0 Å². The summed E-state index contributed by atoms with van der Waals surface area (Å²) in [6, 6.07) is 40.8. The average Bonchev–Trinajstić information content (AvgIpc) is 3.36. The number of benzene rings is 4. The summed E-state index contributed by atoms with van der Waals surface area (Å²) in [6.07, 6.45) is 4.23. The lowest BCUT2D eigenvalue weighted by molar-refractivity contribution is 0.0953. The van der Waals surface area contributed by atoms with Gasteiger partial charge in [0, 0.05) is 23.1 Å². The molecule has 1 fully saturated rings. The maximum Gasteiger partial charge on any atom is 0.185 e. The van der Waals surface area contributed by atoms with Gasteiger partial charge in [-0.3, -0.25) is 4.79 Å². The number of hydrogen-bond donors (Lipinski definition) is 0. The first-order valence-electron chi connectivity index (χ1n) is 13.0. The fraction of sp³-hybridized carbons (Fsp3) is 0.114. The third-order valence-electron chi connectivity index (χ3n) is 7.83. The zero-order valence-electron chi connectivity index (χ0n) is 21.2. The fourth-order valence-corrected chi connectivity index (χ4v) is 6.27. The summed E-state index contributed by atoms with van der Waals surface area (Å²) in [5.41, 5.74) is 5.23. The van der Waals surface area contributed by atoms with E-state index in [1.54, 1.807) is 0 Å². The molecule has 0 unspecified atom stereocenters. The number of para-hydroxylation sites is 1. The molecule has 4 atom stereocenters. The topological polar surface area (TPSA) is 67.9 Å². The number of hydrogen-bond acceptors (Lipinski definition) is 4. The molecule has 6 rings (SSSR count). The van der Waals surface area contributed by atoms with Crippen molar-refractivity contribution in [2.24, 2.45) is 5.92 Å². The number of Topliss-reactive ketones (excluding diaryl/α,β-unsaturated/α-hetero) is 1. The first-order valence-corrected chi connectivity index (χ1v) is 13.0. The number of allylic oxidation sites excluding steroid dienone is 1. The van der Waals surface area contributed by atoms with Gasteiger partial charge in [0.1, 0.15) is 23.8 Å². The molecule has 0 radical (unpaired) electrons. The largest absolute Gasteiger partial charge is 0.353 e. The van der Waals surface area contributed by atoms with Gasteiger partial charge in [-0.1, -0.05) is 121 Å². The van der Waals surface area contributed by atoms with Crippen LogP contribution >= 0.6 is 0 Å². The fourth-order valence-electron chi connectivity index (χ4n) is 6.27. The first-order chi connectivity index (χ1) is 19.2. The standard InChI is InChI=1S/C35H25N3O/c36-22-28(23-37)31(25-13-4-1-5-14-25)33-30-21-20-24-12-10-11-19-29(24)38(30)34(32(33)26-15-6-2-7-16-26)35(39)27-17-8-3-9-18-27/h1-21,30,32-34H/t30-,32-,33+,34+/m0/s1. The summed E-state index contributed by atoms with van der Waals surface area (Å²) in [5, 5.41) is 20.3. The molecule has 0 amide bonds. The number of anilines is 1. The van der Waals surface area contributed by atoms with E-state index in [1.807, 2.05) is 91.0 Å². The van der Waals surface area contributed by atoms with Crippen molar-refractivity contribution in [1.29, 1.82) is 10.5 Å². The Labute approximate surface area is 228 Å². The van der Waals surface area contributed by atoms with Crippen LogP contribution in [0.2, 0.25) is 0 Å². The number of carbonyl (C=O) groups is 1. The van der Waals surface area contributed by atoms with Crippen LogP contribution in [-0.4, -0.2) is 17.9 Å². The molecule has 39 heavy (non-hydrogen) atoms. The molecule has 0 aromatic heterocycles. The van der Waals surface area contributed by atoms with Crippen LogP contribution in [0.4, 0.5) is 5.69 Å². The second-order valence-corrected chi connectivity index (χ2v) is 9.83. The second-order valence-electron chi connectivity index (χ2n) is 9.83. The molecule has 4 nitrogen and oxygen atoms in total. The molecular formula is C35H25N3O. The van der Waals surface area contributed by atoms with Gasteiger partial charge in [0.2, 0.25) is 0 Å². The van der Waals surface area contributed by atoms with Gasteiger partial charge in [-0.2, -0.15) is 10.5 Å². The lowest BCUT2D eigenvalue weighted by Crippen LogP contribution is -2.43. The quantitative estimate of drug-likeness (QED) is 0.216. The van der Waals surface area contributed by atoms with Crippen LogP contribution in [0, 0.1) is 28.6 Å². The van der Waals surface area contributed by atoms with Crippen molar-refractivity contribution in [3.05, 3.63) is 149 Å². The Kier molecular flexibility index (Phi) is 6.37. The van der Waals surface area contributed by atoms with E-state index in [0.717, 1.165) is 22.4 Å². The molecule has 0 saturated carbocycles. The number of rotatable bonds is 5. The van der Waals surface area contributed by atoms with Crippen molar-refractivity contribution in [2.45, 2.75) is 18.0 Å². The highest BCUT2D eigenvalue weighted by Gasteiger charge is 2.54. The molecule has 2 heterocycles. The van der Waals surface area contributed by atoms with Crippen LogP contribution < -0.4 is 4.90 Å². The van der Waals surface area contributed by atoms with Crippen molar-refractivity contribution in [1.82, 2.24) is 0 Å². The zero-order chi connectivity index (χ0) is 26.8. The highest BCUT2D eigenvalue weighted by Crippen LogP contribution is 2.54. The van der Waals surface area contributed by atoms with Crippen LogP contribution in [0.25, 0.3) is 11.6 Å². The smallest absolute Gasteiger partial charge is 0.185 e.